The SMILES string of the molecule is COc1cc(N2CCOC(c3cccc(O)c3)C2)ncn1. The second-order valence-corrected chi connectivity index (χ2v) is 4.82. The van der Waals surface area contributed by atoms with Gasteiger partial charge in [-0.15, -0.1) is 0 Å². The summed E-state index contributed by atoms with van der Waals surface area (Å²) in [6, 6.07) is 8.97. The molecule has 1 aromatic carbocycles. The van der Waals surface area contributed by atoms with E-state index in [2.05, 4.69) is 14.9 Å². The van der Waals surface area contributed by atoms with E-state index in [0.717, 1.165) is 17.9 Å². The summed E-state index contributed by atoms with van der Waals surface area (Å²) in [6.07, 6.45) is 1.40. The first kappa shape index (κ1) is 13.6. The van der Waals surface area contributed by atoms with Crippen molar-refractivity contribution in [1.82, 2.24) is 9.97 Å². The lowest BCUT2D eigenvalue weighted by Gasteiger charge is -2.34. The normalized spacial score (nSPS) is 18.5. The zero-order chi connectivity index (χ0) is 14.7. The molecule has 1 aliphatic rings. The topological polar surface area (TPSA) is 67.7 Å². The number of phenols is 1. The summed E-state index contributed by atoms with van der Waals surface area (Å²) in [5.41, 5.74) is 0.959. The number of anilines is 1. The van der Waals surface area contributed by atoms with Crippen molar-refractivity contribution in [2.45, 2.75) is 6.10 Å². The fraction of sp³-hybridized carbons (Fsp3) is 0.333. The fourth-order valence-electron chi connectivity index (χ4n) is 2.40. The van der Waals surface area contributed by atoms with Gasteiger partial charge in [-0.1, -0.05) is 12.1 Å². The van der Waals surface area contributed by atoms with E-state index >= 15 is 0 Å². The van der Waals surface area contributed by atoms with E-state index in [1.807, 2.05) is 18.2 Å². The quantitative estimate of drug-likeness (QED) is 0.928. The standard InChI is InChI=1S/C15H17N3O3/c1-20-15-8-14(16-10-17-15)18-5-6-21-13(9-18)11-3-2-4-12(19)7-11/h2-4,7-8,10,13,19H,5-6,9H2,1H3. The number of morpholine rings is 1. The molecule has 21 heavy (non-hydrogen) atoms. The lowest BCUT2D eigenvalue weighted by atomic mass is 10.1. The van der Waals surface area contributed by atoms with E-state index in [1.165, 1.54) is 6.33 Å². The van der Waals surface area contributed by atoms with E-state index in [4.69, 9.17) is 9.47 Å². The molecule has 3 rings (SSSR count). The van der Waals surface area contributed by atoms with Gasteiger partial charge in [0.05, 0.1) is 13.7 Å². The monoisotopic (exact) mass is 287 g/mol. The molecule has 1 unspecified atom stereocenters. The summed E-state index contributed by atoms with van der Waals surface area (Å²) < 4.78 is 10.9. The first-order chi connectivity index (χ1) is 10.3. The second-order valence-electron chi connectivity index (χ2n) is 4.82. The summed E-state index contributed by atoms with van der Waals surface area (Å²) in [6.45, 7) is 2.03. The lowest BCUT2D eigenvalue weighted by molar-refractivity contribution is 0.0394. The number of hydrogen-bond donors (Lipinski definition) is 1. The van der Waals surface area contributed by atoms with Crippen LogP contribution in [0.5, 0.6) is 11.6 Å². The molecule has 1 aliphatic heterocycles. The predicted octanol–water partition coefficient (Wildman–Crippen LogP) is 1.77. The largest absolute Gasteiger partial charge is 0.508 e. The van der Waals surface area contributed by atoms with Crippen molar-refractivity contribution < 1.29 is 14.6 Å². The number of nitrogens with zero attached hydrogens (tertiary/aromatic N) is 3. The summed E-state index contributed by atoms with van der Waals surface area (Å²) >= 11 is 0. The lowest BCUT2D eigenvalue weighted by Crippen LogP contribution is -2.38. The maximum absolute atomic E-state index is 9.59. The number of benzene rings is 1. The van der Waals surface area contributed by atoms with Crippen molar-refractivity contribution >= 4 is 5.82 Å². The molecule has 110 valence electrons. The van der Waals surface area contributed by atoms with Crippen LogP contribution in [-0.4, -0.2) is 41.9 Å². The van der Waals surface area contributed by atoms with Crippen LogP contribution in [0.1, 0.15) is 11.7 Å². The zero-order valence-electron chi connectivity index (χ0n) is 11.8. The molecule has 1 N–H and O–H groups in total. The Bertz CT molecular complexity index is 621. The van der Waals surface area contributed by atoms with Gasteiger partial charge in [0.15, 0.2) is 0 Å². The maximum Gasteiger partial charge on any atom is 0.218 e. The van der Waals surface area contributed by atoms with Crippen molar-refractivity contribution in [3.63, 3.8) is 0 Å². The number of aromatic hydroxyl groups is 1. The molecule has 1 atom stereocenters. The van der Waals surface area contributed by atoms with Crippen LogP contribution in [0.3, 0.4) is 0 Å². The van der Waals surface area contributed by atoms with Crippen molar-refractivity contribution in [3.05, 3.63) is 42.2 Å². The smallest absolute Gasteiger partial charge is 0.218 e. The third-order valence-electron chi connectivity index (χ3n) is 3.47. The summed E-state index contributed by atoms with van der Waals surface area (Å²) in [4.78, 5) is 10.4. The van der Waals surface area contributed by atoms with Crippen LogP contribution in [0.15, 0.2) is 36.7 Å². The minimum atomic E-state index is -0.0909. The Morgan fingerprint density at radius 3 is 3.05 bits per heavy atom. The molecule has 0 saturated carbocycles. The van der Waals surface area contributed by atoms with Crippen LogP contribution in [0.2, 0.25) is 0 Å². The van der Waals surface area contributed by atoms with Crippen LogP contribution in [0.25, 0.3) is 0 Å². The highest BCUT2D eigenvalue weighted by atomic mass is 16.5. The molecule has 0 radical (unpaired) electrons. The van der Waals surface area contributed by atoms with Crippen LogP contribution < -0.4 is 9.64 Å². The number of ether oxygens (including phenoxy) is 2. The van der Waals surface area contributed by atoms with Crippen LogP contribution in [0.4, 0.5) is 5.82 Å². The highest BCUT2D eigenvalue weighted by Crippen LogP contribution is 2.27. The maximum atomic E-state index is 9.59. The molecule has 0 amide bonds. The first-order valence-electron chi connectivity index (χ1n) is 6.78. The van der Waals surface area contributed by atoms with Gasteiger partial charge in [0.2, 0.25) is 5.88 Å². The first-order valence-corrected chi connectivity index (χ1v) is 6.78. The number of hydrogen-bond acceptors (Lipinski definition) is 6. The molecule has 0 spiro atoms. The fourth-order valence-corrected chi connectivity index (χ4v) is 2.40. The van der Waals surface area contributed by atoms with Gasteiger partial charge in [-0.2, -0.15) is 0 Å². The molecular formula is C15H17N3O3. The molecular weight excluding hydrogens is 270 g/mol. The van der Waals surface area contributed by atoms with Gasteiger partial charge < -0.3 is 19.5 Å². The van der Waals surface area contributed by atoms with E-state index in [1.54, 1.807) is 19.2 Å². The van der Waals surface area contributed by atoms with Gasteiger partial charge in [-0.3, -0.25) is 0 Å². The number of methoxy groups -OCH3 is 1. The van der Waals surface area contributed by atoms with Crippen molar-refractivity contribution in [1.29, 1.82) is 0 Å². The van der Waals surface area contributed by atoms with Crippen molar-refractivity contribution in [3.8, 4) is 11.6 Å². The third-order valence-corrected chi connectivity index (χ3v) is 3.47. The Hall–Kier alpha value is -2.34. The van der Waals surface area contributed by atoms with E-state index in [9.17, 15) is 5.11 Å². The molecule has 1 fully saturated rings. The van der Waals surface area contributed by atoms with Gasteiger partial charge in [-0.05, 0) is 17.7 Å². The van der Waals surface area contributed by atoms with E-state index in [0.29, 0.717) is 19.0 Å². The highest BCUT2D eigenvalue weighted by Gasteiger charge is 2.23. The minimum absolute atomic E-state index is 0.0909. The molecule has 2 aromatic rings. The van der Waals surface area contributed by atoms with Crippen molar-refractivity contribution in [2.75, 3.05) is 31.7 Å². The minimum Gasteiger partial charge on any atom is -0.508 e. The van der Waals surface area contributed by atoms with E-state index in [-0.39, 0.29) is 11.9 Å². The number of rotatable bonds is 3. The molecule has 0 aliphatic carbocycles. The molecule has 6 heteroatoms. The average molecular weight is 287 g/mol. The Balaban J connectivity index is 1.79. The van der Waals surface area contributed by atoms with Crippen LogP contribution in [0, 0.1) is 0 Å². The number of phenolic OH excluding ortho intramolecular Hbond substituents is 1. The number of aromatic nitrogens is 2. The predicted molar refractivity (Wildman–Crippen MR) is 77.6 cm³/mol. The summed E-state index contributed by atoms with van der Waals surface area (Å²) in [5.74, 6) is 1.60. The Morgan fingerprint density at radius 1 is 1.33 bits per heavy atom. The Kier molecular flexibility index (Phi) is 3.87. The van der Waals surface area contributed by atoms with Crippen LogP contribution >= 0.6 is 0 Å². The zero-order valence-corrected chi connectivity index (χ0v) is 11.8. The molecule has 2 heterocycles. The third kappa shape index (κ3) is 3.05. The summed E-state index contributed by atoms with van der Waals surface area (Å²) in [5, 5.41) is 9.59. The summed E-state index contributed by atoms with van der Waals surface area (Å²) in [7, 11) is 1.58. The molecule has 0 bridgehead atoms. The molecule has 1 saturated heterocycles. The van der Waals surface area contributed by atoms with E-state index < -0.39 is 0 Å². The van der Waals surface area contributed by atoms with Crippen molar-refractivity contribution in [2.24, 2.45) is 0 Å². The average Bonchev–Trinajstić information content (AvgIpc) is 2.55. The van der Waals surface area contributed by atoms with Gasteiger partial charge >= 0.3 is 0 Å². The van der Waals surface area contributed by atoms with Gasteiger partial charge in [0, 0.05) is 19.2 Å². The Morgan fingerprint density at radius 2 is 2.24 bits per heavy atom. The van der Waals surface area contributed by atoms with Gasteiger partial charge in [-0.25, -0.2) is 9.97 Å². The molecule has 1 aromatic heterocycles. The highest BCUT2D eigenvalue weighted by molar-refractivity contribution is 5.42. The molecule has 6 nitrogen and oxygen atoms in total. The van der Waals surface area contributed by atoms with Gasteiger partial charge in [0.1, 0.15) is 24.0 Å². The van der Waals surface area contributed by atoms with Crippen LogP contribution in [-0.2, 0) is 4.74 Å². The Labute approximate surface area is 123 Å². The van der Waals surface area contributed by atoms with Gasteiger partial charge in [0.25, 0.3) is 0 Å². The second kappa shape index (κ2) is 5.97.